The molecule has 5 nitrogen and oxygen atoms in total. The molecule has 0 fully saturated rings. The van der Waals surface area contributed by atoms with Crippen LogP contribution in [-0.4, -0.2) is 15.5 Å². The van der Waals surface area contributed by atoms with Gasteiger partial charge in [-0.1, -0.05) is 48.5 Å². The number of halogens is 1. The van der Waals surface area contributed by atoms with Crippen molar-refractivity contribution in [3.63, 3.8) is 0 Å². The second kappa shape index (κ2) is 10.3. The van der Waals surface area contributed by atoms with E-state index in [2.05, 4.69) is 51.1 Å². The van der Waals surface area contributed by atoms with Crippen LogP contribution >= 0.6 is 22.6 Å². The molecule has 0 unspecified atom stereocenters. The molecule has 0 aliphatic rings. The molecule has 0 radical (unpaired) electrons. The van der Waals surface area contributed by atoms with Crippen molar-refractivity contribution in [3.05, 3.63) is 117 Å². The average molecular weight is 523 g/mol. The van der Waals surface area contributed by atoms with Crippen LogP contribution in [0.2, 0.25) is 0 Å². The van der Waals surface area contributed by atoms with Gasteiger partial charge < -0.3 is 14.6 Å². The normalized spacial score (nSPS) is 10.6. The quantitative estimate of drug-likeness (QED) is 0.329. The molecular weight excluding hydrogens is 501 g/mol. The maximum absolute atomic E-state index is 12.7. The van der Waals surface area contributed by atoms with E-state index in [0.717, 1.165) is 11.3 Å². The fourth-order valence-corrected chi connectivity index (χ4v) is 3.82. The fraction of sp³-hybridized carbons (Fsp3) is 0.120. The predicted octanol–water partition coefficient (Wildman–Crippen LogP) is 5.05. The van der Waals surface area contributed by atoms with Crippen LogP contribution in [0.3, 0.4) is 0 Å². The summed E-state index contributed by atoms with van der Waals surface area (Å²) >= 11 is 2.31. The lowest BCUT2D eigenvalue weighted by Crippen LogP contribution is -2.24. The second-order valence-corrected chi connectivity index (χ2v) is 8.37. The Morgan fingerprint density at radius 3 is 2.61 bits per heavy atom. The predicted molar refractivity (Wildman–Crippen MR) is 129 cm³/mol. The molecule has 4 aromatic rings. The van der Waals surface area contributed by atoms with Gasteiger partial charge in [-0.15, -0.1) is 0 Å². The molecule has 1 amide bonds. The van der Waals surface area contributed by atoms with Crippen LogP contribution < -0.4 is 10.1 Å². The van der Waals surface area contributed by atoms with Gasteiger partial charge in [0, 0.05) is 21.9 Å². The maximum Gasteiger partial charge on any atom is 0.251 e. The molecule has 0 spiro atoms. The minimum atomic E-state index is -0.146. The van der Waals surface area contributed by atoms with Crippen molar-refractivity contribution < 1.29 is 9.53 Å². The Labute approximate surface area is 195 Å². The molecule has 0 aliphatic heterocycles. The lowest BCUT2D eigenvalue weighted by atomic mass is 10.2. The second-order valence-electron chi connectivity index (χ2n) is 7.13. The van der Waals surface area contributed by atoms with Crippen molar-refractivity contribution in [1.29, 1.82) is 0 Å². The molecule has 1 heterocycles. The van der Waals surface area contributed by atoms with E-state index in [1.165, 1.54) is 9.13 Å². The first kappa shape index (κ1) is 21.1. The minimum absolute atomic E-state index is 0.146. The van der Waals surface area contributed by atoms with Crippen LogP contribution in [0, 0.1) is 3.57 Å². The number of carbonyl (C=O) groups excluding carboxylic acids is 1. The van der Waals surface area contributed by atoms with Gasteiger partial charge in [0.2, 0.25) is 0 Å². The van der Waals surface area contributed by atoms with E-state index in [1.807, 2.05) is 53.1 Å². The van der Waals surface area contributed by atoms with Gasteiger partial charge in [0.25, 0.3) is 5.91 Å². The van der Waals surface area contributed by atoms with E-state index in [1.54, 1.807) is 24.7 Å². The van der Waals surface area contributed by atoms with Gasteiger partial charge in [-0.25, -0.2) is 4.98 Å². The summed E-state index contributed by atoms with van der Waals surface area (Å²) in [6, 6.07) is 25.5. The van der Waals surface area contributed by atoms with E-state index in [9.17, 15) is 4.79 Å². The highest BCUT2D eigenvalue weighted by Gasteiger charge is 2.09. The Kier molecular flexibility index (Phi) is 6.99. The Morgan fingerprint density at radius 1 is 0.968 bits per heavy atom. The summed E-state index contributed by atoms with van der Waals surface area (Å²) in [6.07, 6.45) is 3.58. The Morgan fingerprint density at radius 2 is 1.77 bits per heavy atom. The highest BCUT2D eigenvalue weighted by molar-refractivity contribution is 14.1. The van der Waals surface area contributed by atoms with E-state index in [4.69, 9.17) is 4.74 Å². The lowest BCUT2D eigenvalue weighted by molar-refractivity contribution is 0.0949. The number of hydrogen-bond donors (Lipinski definition) is 1. The van der Waals surface area contributed by atoms with E-state index in [-0.39, 0.29) is 5.91 Å². The smallest absolute Gasteiger partial charge is 0.251 e. The lowest BCUT2D eigenvalue weighted by Gasteiger charge is -2.11. The van der Waals surface area contributed by atoms with E-state index in [0.29, 0.717) is 31.0 Å². The van der Waals surface area contributed by atoms with Crippen LogP contribution in [0.25, 0.3) is 0 Å². The summed E-state index contributed by atoms with van der Waals surface area (Å²) in [6.45, 7) is 1.58. The summed E-state index contributed by atoms with van der Waals surface area (Å²) in [7, 11) is 0. The average Bonchev–Trinajstić information content (AvgIpc) is 3.24. The van der Waals surface area contributed by atoms with E-state index >= 15 is 0 Å². The zero-order valence-electron chi connectivity index (χ0n) is 16.9. The topological polar surface area (TPSA) is 56.2 Å². The number of ether oxygens (including phenoxy) is 1. The molecule has 156 valence electrons. The third-order valence-electron chi connectivity index (χ3n) is 4.82. The van der Waals surface area contributed by atoms with Crippen molar-refractivity contribution in [3.8, 4) is 5.75 Å². The molecule has 1 aromatic heterocycles. The molecule has 0 atom stereocenters. The van der Waals surface area contributed by atoms with Gasteiger partial charge in [-0.2, -0.15) is 0 Å². The molecule has 4 rings (SSSR count). The Hall–Kier alpha value is -3.13. The van der Waals surface area contributed by atoms with Crippen molar-refractivity contribution in [2.45, 2.75) is 19.7 Å². The molecule has 0 saturated carbocycles. The number of aromatic nitrogens is 2. The summed E-state index contributed by atoms with van der Waals surface area (Å²) in [4.78, 5) is 16.9. The zero-order valence-corrected chi connectivity index (χ0v) is 19.0. The van der Waals surface area contributed by atoms with Gasteiger partial charge in [-0.3, -0.25) is 4.79 Å². The summed E-state index contributed by atoms with van der Waals surface area (Å²) in [5, 5.41) is 2.98. The molecule has 31 heavy (non-hydrogen) atoms. The Bertz CT molecular complexity index is 1160. The number of imidazole rings is 1. The van der Waals surface area contributed by atoms with Crippen molar-refractivity contribution >= 4 is 28.5 Å². The van der Waals surface area contributed by atoms with Crippen molar-refractivity contribution in [1.82, 2.24) is 14.9 Å². The van der Waals surface area contributed by atoms with Gasteiger partial charge in [0.05, 0.1) is 18.6 Å². The number of nitrogens with one attached hydrogen (secondary N) is 1. The fourth-order valence-electron chi connectivity index (χ4n) is 3.21. The maximum atomic E-state index is 12.7. The van der Waals surface area contributed by atoms with Crippen molar-refractivity contribution in [2.24, 2.45) is 0 Å². The molecule has 0 saturated heterocycles. The minimum Gasteiger partial charge on any atom is -0.489 e. The summed E-state index contributed by atoms with van der Waals surface area (Å²) < 4.78 is 9.07. The summed E-state index contributed by atoms with van der Waals surface area (Å²) in [5.41, 5.74) is 3.79. The largest absolute Gasteiger partial charge is 0.489 e. The number of rotatable bonds is 8. The molecular formula is C25H22IN3O2. The van der Waals surface area contributed by atoms with Crippen molar-refractivity contribution in [2.75, 3.05) is 0 Å². The molecule has 3 aromatic carbocycles. The number of carbonyl (C=O) groups is 1. The molecule has 6 heteroatoms. The van der Waals surface area contributed by atoms with Crippen LogP contribution in [0.4, 0.5) is 0 Å². The highest BCUT2D eigenvalue weighted by Crippen LogP contribution is 2.16. The number of hydrogen-bond acceptors (Lipinski definition) is 3. The standard InChI is InChI=1S/C25H22IN3O2/c26-22-10-4-8-20(12-22)16-29-18-27-14-23(29)15-28-25(30)21-9-5-11-24(13-21)31-17-19-6-2-1-3-7-19/h1-14,18H,15-17H2,(H,28,30). The third-order valence-corrected chi connectivity index (χ3v) is 5.49. The van der Waals surface area contributed by atoms with Gasteiger partial charge in [-0.05, 0) is 64.0 Å². The summed E-state index contributed by atoms with van der Waals surface area (Å²) in [5.74, 6) is 0.521. The van der Waals surface area contributed by atoms with Gasteiger partial charge in [0.15, 0.2) is 0 Å². The molecule has 0 bridgehead atoms. The number of benzene rings is 3. The van der Waals surface area contributed by atoms with Gasteiger partial charge >= 0.3 is 0 Å². The first-order valence-electron chi connectivity index (χ1n) is 9.96. The molecule has 1 N–H and O–H groups in total. The van der Waals surface area contributed by atoms with Crippen LogP contribution in [0.15, 0.2) is 91.4 Å². The molecule has 0 aliphatic carbocycles. The first-order valence-corrected chi connectivity index (χ1v) is 11.0. The van der Waals surface area contributed by atoms with Crippen LogP contribution in [-0.2, 0) is 19.7 Å². The first-order chi connectivity index (χ1) is 15.2. The third kappa shape index (κ3) is 5.95. The van der Waals surface area contributed by atoms with E-state index < -0.39 is 0 Å². The van der Waals surface area contributed by atoms with Gasteiger partial charge in [0.1, 0.15) is 12.4 Å². The highest BCUT2D eigenvalue weighted by atomic mass is 127. The SMILES string of the molecule is O=C(NCc1cncn1Cc1cccc(I)c1)c1cccc(OCc2ccccc2)c1. The number of amides is 1. The Balaban J connectivity index is 1.36. The van der Waals surface area contributed by atoms with Crippen LogP contribution in [0.1, 0.15) is 27.2 Å². The van der Waals surface area contributed by atoms with Crippen LogP contribution in [0.5, 0.6) is 5.75 Å². The monoisotopic (exact) mass is 523 g/mol. The number of nitrogens with zero attached hydrogens (tertiary/aromatic N) is 2. The zero-order chi connectivity index (χ0) is 21.5.